The van der Waals surface area contributed by atoms with Crippen LogP contribution in [0.5, 0.6) is 5.75 Å². The van der Waals surface area contributed by atoms with E-state index in [1.807, 2.05) is 19.1 Å². The summed E-state index contributed by atoms with van der Waals surface area (Å²) in [5, 5.41) is 3.32. The number of ether oxygens (including phenoxy) is 2. The lowest BCUT2D eigenvalue weighted by Gasteiger charge is -2.29. The van der Waals surface area contributed by atoms with E-state index < -0.39 is 11.4 Å². The van der Waals surface area contributed by atoms with Gasteiger partial charge in [0, 0.05) is 12.1 Å². The van der Waals surface area contributed by atoms with Crippen molar-refractivity contribution in [1.29, 1.82) is 0 Å². The molecule has 4 nitrogen and oxygen atoms in total. The first-order valence-electron chi connectivity index (χ1n) is 7.40. The molecule has 0 aliphatic heterocycles. The minimum absolute atomic E-state index is 0.0389. The van der Waals surface area contributed by atoms with Crippen molar-refractivity contribution >= 4 is 17.5 Å². The average Bonchev–Trinajstić information content (AvgIpc) is 2.59. The molecule has 0 unspecified atom stereocenters. The van der Waals surface area contributed by atoms with E-state index in [2.05, 4.69) is 5.32 Å². The maximum Gasteiger partial charge on any atom is 0.258 e. The Kier molecular flexibility index (Phi) is 6.17. The molecule has 1 N–H and O–H groups in total. The van der Waals surface area contributed by atoms with Gasteiger partial charge in [-0.15, -0.1) is 0 Å². The predicted molar refractivity (Wildman–Crippen MR) is 90.7 cm³/mol. The minimum atomic E-state index is -0.738. The van der Waals surface area contributed by atoms with E-state index >= 15 is 0 Å². The molecule has 0 saturated carbocycles. The van der Waals surface area contributed by atoms with Gasteiger partial charge in [-0.1, -0.05) is 35.9 Å². The SMILES string of the molecule is CO[C@@](C)(CNC(=O)COc1ccccc1F)c1cccc(Cl)c1. The summed E-state index contributed by atoms with van der Waals surface area (Å²) in [7, 11) is 1.56. The summed E-state index contributed by atoms with van der Waals surface area (Å²) in [5.41, 5.74) is 0.103. The van der Waals surface area contributed by atoms with Crippen LogP contribution in [0.2, 0.25) is 5.02 Å². The van der Waals surface area contributed by atoms with E-state index in [1.165, 1.54) is 12.1 Å². The van der Waals surface area contributed by atoms with Crippen molar-refractivity contribution in [2.75, 3.05) is 20.3 Å². The molecule has 2 aromatic rings. The van der Waals surface area contributed by atoms with Crippen molar-refractivity contribution in [3.05, 3.63) is 64.9 Å². The third-order valence-electron chi connectivity index (χ3n) is 3.70. The molecule has 0 aliphatic carbocycles. The number of hydrogen-bond donors (Lipinski definition) is 1. The summed E-state index contributed by atoms with van der Waals surface area (Å²) in [5.74, 6) is -0.841. The van der Waals surface area contributed by atoms with E-state index in [9.17, 15) is 9.18 Å². The standard InChI is InChI=1S/C18H19ClFNO3/c1-18(23-2,13-6-5-7-14(19)10-13)12-21-17(22)11-24-16-9-4-3-8-15(16)20/h3-10H,11-12H2,1-2H3,(H,21,22)/t18-/m0/s1. The smallest absolute Gasteiger partial charge is 0.258 e. The number of methoxy groups -OCH3 is 1. The van der Waals surface area contributed by atoms with Crippen LogP contribution in [0.1, 0.15) is 12.5 Å². The summed E-state index contributed by atoms with van der Waals surface area (Å²) in [6.45, 7) is 1.79. The number of nitrogens with one attached hydrogen (secondary N) is 1. The summed E-state index contributed by atoms with van der Waals surface area (Å²) in [4.78, 5) is 11.9. The number of rotatable bonds is 7. The van der Waals surface area contributed by atoms with Crippen LogP contribution >= 0.6 is 11.6 Å². The number of amides is 1. The largest absolute Gasteiger partial charge is 0.481 e. The van der Waals surface area contributed by atoms with Gasteiger partial charge in [-0.05, 0) is 36.8 Å². The van der Waals surface area contributed by atoms with Gasteiger partial charge in [0.1, 0.15) is 5.60 Å². The Hall–Kier alpha value is -2.11. The zero-order valence-corrected chi connectivity index (χ0v) is 14.3. The molecular weight excluding hydrogens is 333 g/mol. The van der Waals surface area contributed by atoms with Gasteiger partial charge >= 0.3 is 0 Å². The minimum Gasteiger partial charge on any atom is -0.481 e. The lowest BCUT2D eigenvalue weighted by atomic mass is 9.95. The topological polar surface area (TPSA) is 47.6 Å². The molecule has 0 spiro atoms. The van der Waals surface area contributed by atoms with Gasteiger partial charge in [0.25, 0.3) is 5.91 Å². The second-order valence-corrected chi connectivity index (χ2v) is 5.88. The molecule has 0 bridgehead atoms. The summed E-state index contributed by atoms with van der Waals surface area (Å²) in [6.07, 6.45) is 0. The monoisotopic (exact) mass is 351 g/mol. The van der Waals surface area contributed by atoms with E-state index in [4.69, 9.17) is 21.1 Å². The number of hydrogen-bond acceptors (Lipinski definition) is 3. The normalized spacial score (nSPS) is 13.2. The summed E-state index contributed by atoms with van der Waals surface area (Å²) in [6, 6.07) is 13.2. The molecule has 0 radical (unpaired) electrons. The predicted octanol–water partition coefficient (Wildman–Crippen LogP) is 3.54. The van der Waals surface area contributed by atoms with E-state index in [1.54, 1.807) is 31.4 Å². The molecule has 0 aliphatic rings. The molecular formula is C18H19ClFNO3. The van der Waals surface area contributed by atoms with Crippen molar-refractivity contribution < 1.29 is 18.7 Å². The molecule has 1 atom stereocenters. The van der Waals surface area contributed by atoms with Gasteiger partial charge in [0.05, 0.1) is 6.54 Å². The molecule has 0 fully saturated rings. The highest BCUT2D eigenvalue weighted by Crippen LogP contribution is 2.26. The number of carbonyl (C=O) groups is 1. The second-order valence-electron chi connectivity index (χ2n) is 5.44. The number of halogens is 2. The van der Waals surface area contributed by atoms with Gasteiger partial charge in [0.15, 0.2) is 18.2 Å². The van der Waals surface area contributed by atoms with Crippen LogP contribution in [0.25, 0.3) is 0 Å². The molecule has 1 amide bonds. The Labute approximate surface area is 145 Å². The summed E-state index contributed by atoms with van der Waals surface area (Å²) >= 11 is 6.00. The zero-order valence-electron chi connectivity index (χ0n) is 13.5. The van der Waals surface area contributed by atoms with Crippen LogP contribution in [-0.4, -0.2) is 26.2 Å². The lowest BCUT2D eigenvalue weighted by Crippen LogP contribution is -2.41. The van der Waals surface area contributed by atoms with E-state index in [-0.39, 0.29) is 24.8 Å². The van der Waals surface area contributed by atoms with Gasteiger partial charge in [-0.25, -0.2) is 4.39 Å². The van der Waals surface area contributed by atoms with Crippen LogP contribution in [0.15, 0.2) is 48.5 Å². The first kappa shape index (κ1) is 18.2. The highest BCUT2D eigenvalue weighted by molar-refractivity contribution is 6.30. The van der Waals surface area contributed by atoms with Crippen LogP contribution in [-0.2, 0) is 15.1 Å². The Balaban J connectivity index is 1.93. The number of carbonyl (C=O) groups excluding carboxylic acids is 1. The average molecular weight is 352 g/mol. The molecule has 2 aromatic carbocycles. The second kappa shape index (κ2) is 8.13. The fourth-order valence-corrected chi connectivity index (χ4v) is 2.32. The molecule has 128 valence electrons. The number of para-hydroxylation sites is 1. The van der Waals surface area contributed by atoms with Gasteiger partial charge < -0.3 is 14.8 Å². The van der Waals surface area contributed by atoms with Gasteiger partial charge in [0.2, 0.25) is 0 Å². The highest BCUT2D eigenvalue weighted by atomic mass is 35.5. The first-order valence-corrected chi connectivity index (χ1v) is 7.77. The first-order chi connectivity index (χ1) is 11.4. The Bertz CT molecular complexity index is 710. The number of benzene rings is 2. The van der Waals surface area contributed by atoms with Crippen LogP contribution < -0.4 is 10.1 Å². The van der Waals surface area contributed by atoms with Crippen LogP contribution in [0, 0.1) is 5.82 Å². The van der Waals surface area contributed by atoms with Crippen LogP contribution in [0.4, 0.5) is 4.39 Å². The van der Waals surface area contributed by atoms with Crippen molar-refractivity contribution in [2.45, 2.75) is 12.5 Å². The van der Waals surface area contributed by atoms with Crippen molar-refractivity contribution in [2.24, 2.45) is 0 Å². The molecule has 0 aromatic heterocycles. The fraction of sp³-hybridized carbons (Fsp3) is 0.278. The van der Waals surface area contributed by atoms with E-state index in [0.717, 1.165) is 5.56 Å². The lowest BCUT2D eigenvalue weighted by molar-refractivity contribution is -0.124. The Morgan fingerprint density at radius 2 is 2.00 bits per heavy atom. The maximum absolute atomic E-state index is 13.4. The Morgan fingerprint density at radius 3 is 2.67 bits per heavy atom. The highest BCUT2D eigenvalue weighted by Gasteiger charge is 2.27. The molecule has 24 heavy (non-hydrogen) atoms. The van der Waals surface area contributed by atoms with E-state index in [0.29, 0.717) is 5.02 Å². The maximum atomic E-state index is 13.4. The molecule has 2 rings (SSSR count). The van der Waals surface area contributed by atoms with Crippen molar-refractivity contribution in [3.8, 4) is 5.75 Å². The Morgan fingerprint density at radius 1 is 1.25 bits per heavy atom. The van der Waals surface area contributed by atoms with Gasteiger partial charge in [-0.3, -0.25) is 4.79 Å². The van der Waals surface area contributed by atoms with Crippen molar-refractivity contribution in [1.82, 2.24) is 5.32 Å². The summed E-state index contributed by atoms with van der Waals surface area (Å²) < 4.78 is 24.1. The van der Waals surface area contributed by atoms with Crippen molar-refractivity contribution in [3.63, 3.8) is 0 Å². The molecule has 0 saturated heterocycles. The quantitative estimate of drug-likeness (QED) is 0.830. The van der Waals surface area contributed by atoms with Gasteiger partial charge in [-0.2, -0.15) is 0 Å². The fourth-order valence-electron chi connectivity index (χ4n) is 2.13. The third-order valence-corrected chi connectivity index (χ3v) is 3.94. The zero-order chi connectivity index (χ0) is 17.6. The molecule has 6 heteroatoms. The molecule has 0 heterocycles. The van der Waals surface area contributed by atoms with Crippen LogP contribution in [0.3, 0.4) is 0 Å². The third kappa shape index (κ3) is 4.69.